The maximum Gasteiger partial charge on any atom is 0.150 e. The molecule has 1 heterocycles. The van der Waals surface area contributed by atoms with Crippen LogP contribution in [0.15, 0.2) is 24.3 Å². The van der Waals surface area contributed by atoms with E-state index in [9.17, 15) is 13.5 Å². The lowest BCUT2D eigenvalue weighted by Gasteiger charge is -2.16. The van der Waals surface area contributed by atoms with Gasteiger partial charge in [0.2, 0.25) is 0 Å². The number of sulfone groups is 1. The van der Waals surface area contributed by atoms with Gasteiger partial charge >= 0.3 is 0 Å². The van der Waals surface area contributed by atoms with E-state index in [-0.39, 0.29) is 5.92 Å². The van der Waals surface area contributed by atoms with Gasteiger partial charge in [0.15, 0.2) is 9.84 Å². The number of aromatic hydroxyl groups is 1. The highest BCUT2D eigenvalue weighted by molar-refractivity contribution is 7.91. The Balaban J connectivity index is 1.68. The second-order valence-corrected chi connectivity index (χ2v) is 8.01. The van der Waals surface area contributed by atoms with Gasteiger partial charge in [-0.2, -0.15) is 0 Å². The fourth-order valence-electron chi connectivity index (χ4n) is 2.55. The SMILES string of the molecule is CC(CCc1ccc(O)cc1)NCC1CCS(=O)(=O)C1. The number of hydrogen-bond donors (Lipinski definition) is 2. The average Bonchev–Trinajstić information content (AvgIpc) is 2.75. The van der Waals surface area contributed by atoms with Crippen LogP contribution in [0, 0.1) is 5.92 Å². The molecular formula is C15H23NO3S. The lowest BCUT2D eigenvalue weighted by Crippen LogP contribution is -2.32. The van der Waals surface area contributed by atoms with Crippen LogP contribution in [0.2, 0.25) is 0 Å². The number of phenols is 1. The first kappa shape index (κ1) is 15.3. The maximum absolute atomic E-state index is 11.4. The van der Waals surface area contributed by atoms with Gasteiger partial charge in [0, 0.05) is 6.04 Å². The fourth-order valence-corrected chi connectivity index (χ4v) is 4.41. The molecule has 1 saturated heterocycles. The number of benzene rings is 1. The van der Waals surface area contributed by atoms with Crippen LogP contribution < -0.4 is 5.32 Å². The molecule has 0 bridgehead atoms. The smallest absolute Gasteiger partial charge is 0.150 e. The van der Waals surface area contributed by atoms with E-state index in [0.717, 1.165) is 25.8 Å². The van der Waals surface area contributed by atoms with Gasteiger partial charge in [-0.05, 0) is 56.3 Å². The van der Waals surface area contributed by atoms with E-state index in [1.807, 2.05) is 12.1 Å². The number of phenolic OH excluding ortho intramolecular Hbond substituents is 1. The van der Waals surface area contributed by atoms with Crippen LogP contribution >= 0.6 is 0 Å². The van der Waals surface area contributed by atoms with Crippen molar-refractivity contribution in [2.45, 2.75) is 32.2 Å². The highest BCUT2D eigenvalue weighted by atomic mass is 32.2. The lowest BCUT2D eigenvalue weighted by atomic mass is 10.0. The van der Waals surface area contributed by atoms with E-state index in [4.69, 9.17) is 0 Å². The molecule has 0 saturated carbocycles. The standard InChI is InChI=1S/C15H23NO3S/c1-12(2-3-13-4-6-15(17)7-5-13)16-10-14-8-9-20(18,19)11-14/h4-7,12,14,16-17H,2-3,8-11H2,1H3. The second kappa shape index (κ2) is 6.59. The van der Waals surface area contributed by atoms with Crippen molar-refractivity contribution < 1.29 is 13.5 Å². The first-order valence-corrected chi connectivity index (χ1v) is 8.98. The van der Waals surface area contributed by atoms with E-state index in [1.165, 1.54) is 5.56 Å². The van der Waals surface area contributed by atoms with Crippen LogP contribution in [0.5, 0.6) is 5.75 Å². The highest BCUT2D eigenvalue weighted by Gasteiger charge is 2.27. The van der Waals surface area contributed by atoms with E-state index >= 15 is 0 Å². The molecular weight excluding hydrogens is 274 g/mol. The van der Waals surface area contributed by atoms with Crippen molar-refractivity contribution in [3.8, 4) is 5.75 Å². The monoisotopic (exact) mass is 297 g/mol. The Labute approximate surface area is 121 Å². The summed E-state index contributed by atoms with van der Waals surface area (Å²) in [6.45, 7) is 2.92. The summed E-state index contributed by atoms with van der Waals surface area (Å²) in [6.07, 6.45) is 2.75. The van der Waals surface area contributed by atoms with Crippen molar-refractivity contribution in [3.63, 3.8) is 0 Å². The summed E-state index contributed by atoms with van der Waals surface area (Å²) in [6, 6.07) is 7.65. The third-order valence-electron chi connectivity index (χ3n) is 3.88. The molecule has 112 valence electrons. The van der Waals surface area contributed by atoms with Gasteiger partial charge in [0.1, 0.15) is 5.75 Å². The summed E-state index contributed by atoms with van der Waals surface area (Å²) < 4.78 is 22.8. The summed E-state index contributed by atoms with van der Waals surface area (Å²) in [5.74, 6) is 1.25. The molecule has 0 spiro atoms. The Kier molecular flexibility index (Phi) is 5.05. The molecule has 2 atom stereocenters. The topological polar surface area (TPSA) is 66.4 Å². The summed E-state index contributed by atoms with van der Waals surface area (Å²) in [5.41, 5.74) is 1.21. The van der Waals surface area contributed by atoms with Crippen LogP contribution in [0.3, 0.4) is 0 Å². The summed E-state index contributed by atoms with van der Waals surface area (Å²) in [4.78, 5) is 0. The molecule has 2 N–H and O–H groups in total. The van der Waals surface area contributed by atoms with Crippen LogP contribution in [0.25, 0.3) is 0 Å². The summed E-state index contributed by atoms with van der Waals surface area (Å²) in [7, 11) is -2.77. The van der Waals surface area contributed by atoms with Gasteiger partial charge in [-0.15, -0.1) is 0 Å². The minimum absolute atomic E-state index is 0.274. The van der Waals surface area contributed by atoms with Gasteiger partial charge in [-0.3, -0.25) is 0 Å². The van der Waals surface area contributed by atoms with Gasteiger partial charge in [0.05, 0.1) is 11.5 Å². The Morgan fingerprint density at radius 2 is 2.05 bits per heavy atom. The van der Waals surface area contributed by atoms with Crippen LogP contribution in [0.4, 0.5) is 0 Å². The van der Waals surface area contributed by atoms with Crippen molar-refractivity contribution in [3.05, 3.63) is 29.8 Å². The van der Waals surface area contributed by atoms with Crippen molar-refractivity contribution >= 4 is 9.84 Å². The molecule has 1 fully saturated rings. The second-order valence-electron chi connectivity index (χ2n) is 5.78. The quantitative estimate of drug-likeness (QED) is 0.839. The van der Waals surface area contributed by atoms with Crippen molar-refractivity contribution in [2.24, 2.45) is 5.92 Å². The number of rotatable bonds is 6. The number of aryl methyl sites for hydroxylation is 1. The van der Waals surface area contributed by atoms with E-state index < -0.39 is 9.84 Å². The Bertz CT molecular complexity index is 525. The predicted octanol–water partition coefficient (Wildman–Crippen LogP) is 1.74. The summed E-state index contributed by atoms with van der Waals surface area (Å²) in [5, 5.41) is 12.7. The minimum atomic E-state index is -2.77. The van der Waals surface area contributed by atoms with E-state index in [2.05, 4.69) is 12.2 Å². The Hall–Kier alpha value is -1.07. The van der Waals surface area contributed by atoms with E-state index in [1.54, 1.807) is 12.1 Å². The molecule has 0 radical (unpaired) electrons. The molecule has 20 heavy (non-hydrogen) atoms. The zero-order valence-corrected chi connectivity index (χ0v) is 12.7. The van der Waals surface area contributed by atoms with Gasteiger partial charge in [0.25, 0.3) is 0 Å². The molecule has 5 heteroatoms. The minimum Gasteiger partial charge on any atom is -0.508 e. The van der Waals surface area contributed by atoms with Crippen molar-refractivity contribution in [1.29, 1.82) is 0 Å². The van der Waals surface area contributed by atoms with Gasteiger partial charge in [-0.25, -0.2) is 8.42 Å². The molecule has 4 nitrogen and oxygen atoms in total. The number of nitrogens with one attached hydrogen (secondary N) is 1. The van der Waals surface area contributed by atoms with Crippen LogP contribution in [0.1, 0.15) is 25.3 Å². The molecule has 1 aliphatic rings. The largest absolute Gasteiger partial charge is 0.508 e. The zero-order valence-electron chi connectivity index (χ0n) is 11.9. The first-order valence-electron chi connectivity index (χ1n) is 7.16. The van der Waals surface area contributed by atoms with Crippen molar-refractivity contribution in [2.75, 3.05) is 18.1 Å². The van der Waals surface area contributed by atoms with Crippen molar-refractivity contribution in [1.82, 2.24) is 5.32 Å². The zero-order chi connectivity index (χ0) is 14.6. The van der Waals surface area contributed by atoms with Gasteiger partial charge < -0.3 is 10.4 Å². The Morgan fingerprint density at radius 3 is 2.65 bits per heavy atom. The summed E-state index contributed by atoms with van der Waals surface area (Å²) >= 11 is 0. The number of hydrogen-bond acceptors (Lipinski definition) is 4. The van der Waals surface area contributed by atoms with E-state index in [0.29, 0.717) is 23.3 Å². The maximum atomic E-state index is 11.4. The Morgan fingerprint density at radius 1 is 1.35 bits per heavy atom. The fraction of sp³-hybridized carbons (Fsp3) is 0.600. The molecule has 1 aliphatic heterocycles. The molecule has 1 aromatic carbocycles. The average molecular weight is 297 g/mol. The molecule has 0 aromatic heterocycles. The van der Waals surface area contributed by atoms with Crippen LogP contribution in [-0.4, -0.2) is 37.6 Å². The lowest BCUT2D eigenvalue weighted by molar-refractivity contribution is 0.449. The molecule has 1 aromatic rings. The van der Waals surface area contributed by atoms with Crippen LogP contribution in [-0.2, 0) is 16.3 Å². The third kappa shape index (κ3) is 4.80. The first-order chi connectivity index (χ1) is 9.44. The third-order valence-corrected chi connectivity index (χ3v) is 5.72. The normalized spacial score (nSPS) is 22.8. The molecule has 2 unspecified atom stereocenters. The predicted molar refractivity (Wildman–Crippen MR) is 80.7 cm³/mol. The molecule has 0 aliphatic carbocycles. The van der Waals surface area contributed by atoms with Gasteiger partial charge in [-0.1, -0.05) is 12.1 Å². The molecule has 2 rings (SSSR count). The highest BCUT2D eigenvalue weighted by Crippen LogP contribution is 2.18. The molecule has 0 amide bonds.